The molecule has 0 radical (unpaired) electrons. The third-order valence-electron chi connectivity index (χ3n) is 4.01. The Labute approximate surface area is 175 Å². The lowest BCUT2D eigenvalue weighted by molar-refractivity contribution is 0.0270. The normalized spacial score (nSPS) is 10.3. The summed E-state index contributed by atoms with van der Waals surface area (Å²) in [4.78, 5) is 21.9. The van der Waals surface area contributed by atoms with Crippen molar-refractivity contribution in [3.8, 4) is 23.0 Å². The van der Waals surface area contributed by atoms with Gasteiger partial charge in [0.25, 0.3) is 0 Å². The molecule has 0 fully saturated rings. The maximum Gasteiger partial charge on any atom is 0.161 e. The van der Waals surface area contributed by atoms with E-state index in [4.69, 9.17) is 28.4 Å². The van der Waals surface area contributed by atoms with Crippen LogP contribution in [0.5, 0.6) is 23.0 Å². The quantitative estimate of drug-likeness (QED) is 0.322. The predicted molar refractivity (Wildman–Crippen MR) is 109 cm³/mol. The molecule has 0 saturated heterocycles. The van der Waals surface area contributed by atoms with Crippen LogP contribution < -0.4 is 18.9 Å². The molecule has 0 aliphatic carbocycles. The Morgan fingerprint density at radius 3 is 1.93 bits per heavy atom. The number of carbonyl (C=O) groups is 2. The molecule has 2 rings (SSSR count). The maximum atomic E-state index is 11.0. The van der Waals surface area contributed by atoms with Gasteiger partial charge in [0.05, 0.1) is 46.2 Å². The molecule has 0 unspecified atom stereocenters. The number of ether oxygens (including phenoxy) is 6. The average Bonchev–Trinajstić information content (AvgIpc) is 2.79. The molecule has 0 N–H and O–H groups in total. The van der Waals surface area contributed by atoms with Crippen LogP contribution in [0.2, 0.25) is 0 Å². The Hall–Kier alpha value is -3.10. The van der Waals surface area contributed by atoms with E-state index in [1.54, 1.807) is 43.5 Å². The average molecular weight is 418 g/mol. The topological polar surface area (TPSA) is 89.5 Å². The number of rotatable bonds is 15. The minimum absolute atomic E-state index is 0.296. The molecule has 0 spiro atoms. The first-order chi connectivity index (χ1) is 14.7. The van der Waals surface area contributed by atoms with Gasteiger partial charge < -0.3 is 28.4 Å². The van der Waals surface area contributed by atoms with E-state index in [9.17, 15) is 9.59 Å². The van der Waals surface area contributed by atoms with E-state index >= 15 is 0 Å². The van der Waals surface area contributed by atoms with E-state index in [-0.39, 0.29) is 0 Å². The summed E-state index contributed by atoms with van der Waals surface area (Å²) < 4.78 is 32.4. The first kappa shape index (κ1) is 23.2. The molecule has 2 aromatic carbocycles. The third-order valence-corrected chi connectivity index (χ3v) is 4.01. The van der Waals surface area contributed by atoms with Crippen molar-refractivity contribution in [1.82, 2.24) is 0 Å². The minimum atomic E-state index is 0.296. The van der Waals surface area contributed by atoms with Gasteiger partial charge in [-0.05, 0) is 30.3 Å². The zero-order valence-electron chi connectivity index (χ0n) is 17.1. The summed E-state index contributed by atoms with van der Waals surface area (Å²) in [5, 5.41) is 0. The van der Waals surface area contributed by atoms with Gasteiger partial charge in [-0.2, -0.15) is 0 Å². The summed E-state index contributed by atoms with van der Waals surface area (Å²) in [7, 11) is 3.08. The lowest BCUT2D eigenvalue weighted by Gasteiger charge is -2.12. The smallest absolute Gasteiger partial charge is 0.161 e. The van der Waals surface area contributed by atoms with E-state index in [0.717, 1.165) is 12.6 Å². The van der Waals surface area contributed by atoms with Crippen molar-refractivity contribution < 1.29 is 38.0 Å². The van der Waals surface area contributed by atoms with Gasteiger partial charge in [-0.25, -0.2) is 0 Å². The van der Waals surface area contributed by atoms with Crippen LogP contribution in [0.3, 0.4) is 0 Å². The largest absolute Gasteiger partial charge is 0.497 e. The van der Waals surface area contributed by atoms with Crippen LogP contribution in [0.15, 0.2) is 36.4 Å². The van der Waals surface area contributed by atoms with Crippen LogP contribution >= 0.6 is 0 Å². The molecule has 8 heteroatoms. The lowest BCUT2D eigenvalue weighted by atomic mass is 10.2. The van der Waals surface area contributed by atoms with E-state index < -0.39 is 0 Å². The molecule has 0 aliphatic heterocycles. The zero-order valence-corrected chi connectivity index (χ0v) is 17.1. The summed E-state index contributed by atoms with van der Waals surface area (Å²) in [5.74, 6) is 2.11. The van der Waals surface area contributed by atoms with Crippen molar-refractivity contribution >= 4 is 12.6 Å². The molecule has 0 aliphatic rings. The Balaban J connectivity index is 1.57. The number of benzene rings is 2. The molecule has 0 saturated carbocycles. The van der Waals surface area contributed by atoms with Crippen molar-refractivity contribution in [3.05, 3.63) is 47.5 Å². The Morgan fingerprint density at radius 2 is 1.33 bits per heavy atom. The van der Waals surface area contributed by atoms with E-state index in [2.05, 4.69) is 0 Å². The second kappa shape index (κ2) is 13.2. The van der Waals surface area contributed by atoms with E-state index in [1.807, 2.05) is 0 Å². The Morgan fingerprint density at radius 1 is 0.667 bits per heavy atom. The molecule has 2 aromatic rings. The van der Waals surface area contributed by atoms with Gasteiger partial charge in [0.1, 0.15) is 31.0 Å². The van der Waals surface area contributed by atoms with Crippen molar-refractivity contribution in [2.45, 2.75) is 0 Å². The third kappa shape index (κ3) is 7.38. The second-order valence-corrected chi connectivity index (χ2v) is 5.97. The molecule has 0 aromatic heterocycles. The molecule has 162 valence electrons. The fourth-order valence-corrected chi connectivity index (χ4v) is 2.49. The number of methoxy groups -OCH3 is 2. The van der Waals surface area contributed by atoms with Crippen molar-refractivity contribution in [2.75, 3.05) is 53.9 Å². The number of hydrogen-bond donors (Lipinski definition) is 0. The minimum Gasteiger partial charge on any atom is -0.497 e. The molecule has 8 nitrogen and oxygen atoms in total. The summed E-state index contributed by atoms with van der Waals surface area (Å²) in [6.45, 7) is 2.11. The van der Waals surface area contributed by atoms with Gasteiger partial charge in [-0.15, -0.1) is 0 Å². The van der Waals surface area contributed by atoms with Gasteiger partial charge in [-0.1, -0.05) is 0 Å². The first-order valence-electron chi connectivity index (χ1n) is 9.39. The molecule has 0 amide bonds. The highest BCUT2D eigenvalue weighted by molar-refractivity contribution is 5.79. The molecular weight excluding hydrogens is 392 g/mol. The highest BCUT2D eigenvalue weighted by Crippen LogP contribution is 2.27. The van der Waals surface area contributed by atoms with Crippen LogP contribution in [0.4, 0.5) is 0 Å². The fourth-order valence-electron chi connectivity index (χ4n) is 2.49. The predicted octanol–water partition coefficient (Wildman–Crippen LogP) is 2.82. The van der Waals surface area contributed by atoms with Gasteiger partial charge in [0.2, 0.25) is 0 Å². The summed E-state index contributed by atoms with van der Waals surface area (Å²) in [6.07, 6.45) is 1.48. The fraction of sp³-hybridized carbons (Fsp3) is 0.364. The van der Waals surface area contributed by atoms with E-state index in [0.29, 0.717) is 73.8 Å². The summed E-state index contributed by atoms with van der Waals surface area (Å²) >= 11 is 0. The highest BCUT2D eigenvalue weighted by atomic mass is 16.6. The van der Waals surface area contributed by atoms with Crippen LogP contribution in [-0.2, 0) is 9.47 Å². The number of carbonyl (C=O) groups excluding carboxylic acids is 2. The van der Waals surface area contributed by atoms with Crippen molar-refractivity contribution in [3.63, 3.8) is 0 Å². The zero-order chi connectivity index (χ0) is 21.6. The van der Waals surface area contributed by atoms with Crippen LogP contribution in [0, 0.1) is 0 Å². The molecular formula is C22H26O8. The van der Waals surface area contributed by atoms with Gasteiger partial charge in [-0.3, -0.25) is 9.59 Å². The highest BCUT2D eigenvalue weighted by Gasteiger charge is 2.06. The van der Waals surface area contributed by atoms with Crippen molar-refractivity contribution in [2.24, 2.45) is 0 Å². The Kier molecular flexibility index (Phi) is 10.2. The standard InChI is InChI=1S/C22H26O8/c1-25-19-5-4-18(16-24)21(14-19)29-11-9-27-7-8-28-10-12-30-22-13-17(15-23)3-6-20(22)26-2/h3-6,13-16H,7-12H2,1-2H3. The number of hydrogen-bond acceptors (Lipinski definition) is 8. The van der Waals surface area contributed by atoms with Crippen molar-refractivity contribution in [1.29, 1.82) is 0 Å². The molecule has 30 heavy (non-hydrogen) atoms. The van der Waals surface area contributed by atoms with Gasteiger partial charge in [0, 0.05) is 11.6 Å². The van der Waals surface area contributed by atoms with Gasteiger partial charge in [0.15, 0.2) is 17.8 Å². The second-order valence-electron chi connectivity index (χ2n) is 5.97. The van der Waals surface area contributed by atoms with Crippen LogP contribution in [0.25, 0.3) is 0 Å². The lowest BCUT2D eigenvalue weighted by Crippen LogP contribution is -2.14. The summed E-state index contributed by atoms with van der Waals surface area (Å²) in [5.41, 5.74) is 0.964. The first-order valence-corrected chi connectivity index (χ1v) is 9.39. The molecule has 0 bridgehead atoms. The van der Waals surface area contributed by atoms with Crippen LogP contribution in [0.1, 0.15) is 20.7 Å². The van der Waals surface area contributed by atoms with Gasteiger partial charge >= 0.3 is 0 Å². The SMILES string of the molecule is COc1ccc(C=O)c(OCCOCCOCCOc2cc(C=O)ccc2OC)c1. The molecule has 0 heterocycles. The van der Waals surface area contributed by atoms with Crippen LogP contribution in [-0.4, -0.2) is 66.4 Å². The number of aldehydes is 2. The monoisotopic (exact) mass is 418 g/mol. The Bertz CT molecular complexity index is 806. The van der Waals surface area contributed by atoms with E-state index in [1.165, 1.54) is 7.11 Å². The maximum absolute atomic E-state index is 11.0. The molecule has 0 atom stereocenters. The summed E-state index contributed by atoms with van der Waals surface area (Å²) in [6, 6.07) is 9.95.